The van der Waals surface area contributed by atoms with Gasteiger partial charge in [-0.05, 0) is 50.2 Å². The normalized spacial score (nSPS) is 12.2. The molecule has 2 aromatic rings. The zero-order chi connectivity index (χ0) is 13.8. The molecule has 2 aromatic carbocycles. The lowest BCUT2D eigenvalue weighted by atomic mass is 10.1. The van der Waals surface area contributed by atoms with Crippen molar-refractivity contribution in [2.24, 2.45) is 0 Å². The Bertz CT molecular complexity index is 551. The van der Waals surface area contributed by atoms with Gasteiger partial charge < -0.3 is 10.1 Å². The van der Waals surface area contributed by atoms with E-state index in [1.54, 1.807) is 19.1 Å². The van der Waals surface area contributed by atoms with E-state index in [1.807, 2.05) is 31.3 Å². The summed E-state index contributed by atoms with van der Waals surface area (Å²) in [6, 6.07) is 13.0. The number of aryl methyl sites for hydroxylation is 1. The molecule has 0 spiro atoms. The molecular formula is C16H18FNO. The summed E-state index contributed by atoms with van der Waals surface area (Å²) in [5.74, 6) is 0.964. The Kier molecular flexibility index (Phi) is 4.17. The summed E-state index contributed by atoms with van der Waals surface area (Å²) < 4.78 is 19.0. The molecule has 0 radical (unpaired) electrons. The van der Waals surface area contributed by atoms with Gasteiger partial charge in [0.25, 0.3) is 0 Å². The molecule has 0 saturated heterocycles. The van der Waals surface area contributed by atoms with E-state index in [4.69, 9.17) is 4.74 Å². The zero-order valence-electron chi connectivity index (χ0n) is 11.4. The molecule has 0 saturated carbocycles. The first-order valence-corrected chi connectivity index (χ1v) is 6.31. The second kappa shape index (κ2) is 5.85. The lowest BCUT2D eigenvalue weighted by Gasteiger charge is -2.12. The first kappa shape index (κ1) is 13.6. The molecule has 0 aliphatic rings. The molecule has 0 bridgehead atoms. The first-order chi connectivity index (χ1) is 9.10. The highest BCUT2D eigenvalue weighted by molar-refractivity contribution is 5.35. The van der Waals surface area contributed by atoms with Crippen LogP contribution in [0.1, 0.15) is 24.1 Å². The van der Waals surface area contributed by atoms with Crippen LogP contribution in [-0.4, -0.2) is 7.05 Å². The van der Waals surface area contributed by atoms with E-state index in [0.717, 1.165) is 0 Å². The van der Waals surface area contributed by atoms with Gasteiger partial charge in [0.2, 0.25) is 0 Å². The Balaban J connectivity index is 2.12. The molecule has 0 aliphatic heterocycles. The van der Waals surface area contributed by atoms with Gasteiger partial charge in [-0.2, -0.15) is 0 Å². The molecule has 1 atom stereocenters. The van der Waals surface area contributed by atoms with Crippen molar-refractivity contribution in [3.8, 4) is 11.5 Å². The van der Waals surface area contributed by atoms with Gasteiger partial charge in [0, 0.05) is 12.1 Å². The average Bonchev–Trinajstić information content (AvgIpc) is 2.43. The summed E-state index contributed by atoms with van der Waals surface area (Å²) in [7, 11) is 1.92. The zero-order valence-corrected chi connectivity index (χ0v) is 11.4. The van der Waals surface area contributed by atoms with E-state index < -0.39 is 0 Å². The highest BCUT2D eigenvalue weighted by Gasteiger charge is 2.04. The van der Waals surface area contributed by atoms with Crippen molar-refractivity contribution in [2.45, 2.75) is 19.9 Å². The molecule has 0 aromatic heterocycles. The smallest absolute Gasteiger partial charge is 0.130 e. The van der Waals surface area contributed by atoms with Crippen molar-refractivity contribution < 1.29 is 9.13 Å². The Morgan fingerprint density at radius 1 is 1.05 bits per heavy atom. The van der Waals surface area contributed by atoms with Crippen LogP contribution >= 0.6 is 0 Å². The maximum atomic E-state index is 13.4. The lowest BCUT2D eigenvalue weighted by molar-refractivity contribution is 0.475. The number of hydrogen-bond acceptors (Lipinski definition) is 2. The van der Waals surface area contributed by atoms with E-state index in [2.05, 4.69) is 12.2 Å². The minimum Gasteiger partial charge on any atom is -0.457 e. The standard InChI is InChI=1S/C16H18FNO/c1-11-4-7-15(10-16(11)17)19-14-8-5-13(6-9-14)12(2)18-3/h4-10,12,18H,1-3H3. The fourth-order valence-electron chi connectivity index (χ4n) is 1.76. The van der Waals surface area contributed by atoms with Crippen molar-refractivity contribution in [3.05, 3.63) is 59.4 Å². The second-order valence-corrected chi connectivity index (χ2v) is 4.59. The monoisotopic (exact) mass is 259 g/mol. The van der Waals surface area contributed by atoms with Gasteiger partial charge in [-0.15, -0.1) is 0 Å². The quantitative estimate of drug-likeness (QED) is 0.888. The summed E-state index contributed by atoms with van der Waals surface area (Å²) in [5.41, 5.74) is 1.80. The van der Waals surface area contributed by atoms with Crippen molar-refractivity contribution in [1.82, 2.24) is 5.32 Å². The Morgan fingerprint density at radius 3 is 2.26 bits per heavy atom. The molecule has 3 heteroatoms. The molecule has 100 valence electrons. The summed E-state index contributed by atoms with van der Waals surface area (Å²) in [6.07, 6.45) is 0. The minimum atomic E-state index is -0.252. The molecule has 1 unspecified atom stereocenters. The third-order valence-corrected chi connectivity index (χ3v) is 3.19. The predicted octanol–water partition coefficient (Wildman–Crippen LogP) is 4.21. The number of nitrogens with one attached hydrogen (secondary N) is 1. The van der Waals surface area contributed by atoms with Crippen LogP contribution in [0.2, 0.25) is 0 Å². The SMILES string of the molecule is CNC(C)c1ccc(Oc2ccc(C)c(F)c2)cc1. The highest BCUT2D eigenvalue weighted by atomic mass is 19.1. The van der Waals surface area contributed by atoms with Crippen LogP contribution in [-0.2, 0) is 0 Å². The number of hydrogen-bond donors (Lipinski definition) is 1. The largest absolute Gasteiger partial charge is 0.457 e. The van der Waals surface area contributed by atoms with Gasteiger partial charge in [-0.3, -0.25) is 0 Å². The Hall–Kier alpha value is -1.87. The average molecular weight is 259 g/mol. The van der Waals surface area contributed by atoms with E-state index in [-0.39, 0.29) is 5.82 Å². The van der Waals surface area contributed by atoms with Gasteiger partial charge in [0.15, 0.2) is 0 Å². The molecule has 0 heterocycles. The van der Waals surface area contributed by atoms with Crippen LogP contribution in [0.25, 0.3) is 0 Å². The van der Waals surface area contributed by atoms with Gasteiger partial charge >= 0.3 is 0 Å². The molecular weight excluding hydrogens is 241 g/mol. The van der Waals surface area contributed by atoms with Gasteiger partial charge in [-0.25, -0.2) is 4.39 Å². The summed E-state index contributed by atoms with van der Waals surface area (Å²) >= 11 is 0. The second-order valence-electron chi connectivity index (χ2n) is 4.59. The molecule has 0 fully saturated rings. The van der Waals surface area contributed by atoms with Crippen LogP contribution < -0.4 is 10.1 Å². The summed E-state index contributed by atoms with van der Waals surface area (Å²) in [5, 5.41) is 3.17. The van der Waals surface area contributed by atoms with Crippen molar-refractivity contribution in [3.63, 3.8) is 0 Å². The number of halogens is 1. The number of rotatable bonds is 4. The predicted molar refractivity (Wildman–Crippen MR) is 75.1 cm³/mol. The maximum Gasteiger partial charge on any atom is 0.130 e. The highest BCUT2D eigenvalue weighted by Crippen LogP contribution is 2.24. The van der Waals surface area contributed by atoms with Gasteiger partial charge in [0.1, 0.15) is 17.3 Å². The van der Waals surface area contributed by atoms with E-state index in [1.165, 1.54) is 11.6 Å². The van der Waals surface area contributed by atoms with Crippen molar-refractivity contribution in [2.75, 3.05) is 7.05 Å². The van der Waals surface area contributed by atoms with Crippen LogP contribution in [0.3, 0.4) is 0 Å². The molecule has 0 aliphatic carbocycles. The summed E-state index contributed by atoms with van der Waals surface area (Å²) in [4.78, 5) is 0. The molecule has 2 nitrogen and oxygen atoms in total. The third-order valence-electron chi connectivity index (χ3n) is 3.19. The fraction of sp³-hybridized carbons (Fsp3) is 0.250. The Morgan fingerprint density at radius 2 is 1.68 bits per heavy atom. The fourth-order valence-corrected chi connectivity index (χ4v) is 1.76. The van der Waals surface area contributed by atoms with Crippen LogP contribution in [0.5, 0.6) is 11.5 Å². The van der Waals surface area contributed by atoms with Crippen molar-refractivity contribution >= 4 is 0 Å². The van der Waals surface area contributed by atoms with Crippen LogP contribution in [0.15, 0.2) is 42.5 Å². The third kappa shape index (κ3) is 3.32. The Labute approximate surface area is 113 Å². The van der Waals surface area contributed by atoms with Gasteiger partial charge in [0.05, 0.1) is 0 Å². The van der Waals surface area contributed by atoms with Crippen LogP contribution in [0.4, 0.5) is 4.39 Å². The van der Waals surface area contributed by atoms with E-state index in [9.17, 15) is 4.39 Å². The first-order valence-electron chi connectivity index (χ1n) is 6.31. The summed E-state index contributed by atoms with van der Waals surface area (Å²) in [6.45, 7) is 3.82. The van der Waals surface area contributed by atoms with E-state index in [0.29, 0.717) is 23.1 Å². The van der Waals surface area contributed by atoms with E-state index >= 15 is 0 Å². The molecule has 2 rings (SSSR count). The van der Waals surface area contributed by atoms with Crippen molar-refractivity contribution in [1.29, 1.82) is 0 Å². The van der Waals surface area contributed by atoms with Crippen LogP contribution in [0, 0.1) is 12.7 Å². The number of benzene rings is 2. The molecule has 0 amide bonds. The minimum absolute atomic E-state index is 0.252. The molecule has 1 N–H and O–H groups in total. The topological polar surface area (TPSA) is 21.3 Å². The lowest BCUT2D eigenvalue weighted by Crippen LogP contribution is -2.11. The number of ether oxygens (including phenoxy) is 1. The maximum absolute atomic E-state index is 13.4. The van der Waals surface area contributed by atoms with Gasteiger partial charge in [-0.1, -0.05) is 18.2 Å². The molecule has 19 heavy (non-hydrogen) atoms.